The van der Waals surface area contributed by atoms with Crippen molar-refractivity contribution in [1.82, 2.24) is 5.32 Å². The molecule has 2 aromatic carbocycles. The molecule has 0 aromatic heterocycles. The van der Waals surface area contributed by atoms with Crippen molar-refractivity contribution in [2.75, 3.05) is 31.8 Å². The summed E-state index contributed by atoms with van der Waals surface area (Å²) in [6, 6.07) is 11.7. The Kier molecular flexibility index (Phi) is 6.32. The fourth-order valence-corrected chi connectivity index (χ4v) is 3.13. The first-order valence-corrected chi connectivity index (χ1v) is 10.1. The van der Waals surface area contributed by atoms with E-state index in [1.54, 1.807) is 19.2 Å². The molecule has 0 unspecified atom stereocenters. The van der Waals surface area contributed by atoms with Gasteiger partial charge in [-0.2, -0.15) is 0 Å². The number of methoxy groups -OCH3 is 2. The fourth-order valence-electron chi connectivity index (χ4n) is 2.64. The van der Waals surface area contributed by atoms with Crippen LogP contribution in [0.3, 0.4) is 0 Å². The van der Waals surface area contributed by atoms with Crippen molar-refractivity contribution < 1.29 is 22.7 Å². The van der Waals surface area contributed by atoms with E-state index in [9.17, 15) is 13.2 Å². The number of hydrogen-bond donors (Lipinski definition) is 1. The number of para-hydroxylation sites is 1. The zero-order valence-corrected chi connectivity index (χ0v) is 16.8. The topological polar surface area (TPSA) is 84.9 Å². The van der Waals surface area contributed by atoms with Crippen molar-refractivity contribution in [3.63, 3.8) is 0 Å². The van der Waals surface area contributed by atoms with Crippen molar-refractivity contribution in [1.29, 1.82) is 0 Å². The molecule has 27 heavy (non-hydrogen) atoms. The molecule has 1 N–H and O–H groups in total. The van der Waals surface area contributed by atoms with Gasteiger partial charge in [0.15, 0.2) is 0 Å². The van der Waals surface area contributed by atoms with E-state index in [0.717, 1.165) is 16.1 Å². The maximum atomic E-state index is 12.8. The van der Waals surface area contributed by atoms with Crippen LogP contribution in [-0.2, 0) is 10.0 Å². The molecular formula is C19H24N2O5S. The van der Waals surface area contributed by atoms with Crippen molar-refractivity contribution in [2.24, 2.45) is 0 Å². The van der Waals surface area contributed by atoms with Gasteiger partial charge >= 0.3 is 0 Å². The van der Waals surface area contributed by atoms with Gasteiger partial charge in [-0.25, -0.2) is 8.42 Å². The smallest absolute Gasteiger partial charge is 0.255 e. The van der Waals surface area contributed by atoms with E-state index in [4.69, 9.17) is 9.47 Å². The number of nitrogens with one attached hydrogen (secondary N) is 1. The average Bonchev–Trinajstić information content (AvgIpc) is 2.65. The molecule has 0 aliphatic carbocycles. The van der Waals surface area contributed by atoms with Crippen LogP contribution in [0.2, 0.25) is 0 Å². The van der Waals surface area contributed by atoms with E-state index in [-0.39, 0.29) is 17.5 Å². The third-order valence-corrected chi connectivity index (χ3v) is 5.45. The summed E-state index contributed by atoms with van der Waals surface area (Å²) in [4.78, 5) is 12.8. The first-order chi connectivity index (χ1) is 12.7. The van der Waals surface area contributed by atoms with Gasteiger partial charge in [0.25, 0.3) is 5.91 Å². The Morgan fingerprint density at radius 1 is 1.07 bits per heavy atom. The van der Waals surface area contributed by atoms with Crippen molar-refractivity contribution in [3.05, 3.63) is 53.6 Å². The summed E-state index contributed by atoms with van der Waals surface area (Å²) in [6.45, 7) is 1.84. The van der Waals surface area contributed by atoms with Gasteiger partial charge in [0.05, 0.1) is 37.8 Å². The van der Waals surface area contributed by atoms with Gasteiger partial charge in [-0.15, -0.1) is 0 Å². The lowest BCUT2D eigenvalue weighted by molar-refractivity contribution is 0.0936. The summed E-state index contributed by atoms with van der Waals surface area (Å²) < 4.78 is 35.3. The quantitative estimate of drug-likeness (QED) is 0.783. The summed E-state index contributed by atoms with van der Waals surface area (Å²) in [5.41, 5.74) is 1.44. The number of ether oxygens (including phenoxy) is 2. The molecule has 0 saturated heterocycles. The number of carbonyl (C=O) groups is 1. The van der Waals surface area contributed by atoms with Crippen molar-refractivity contribution in [3.8, 4) is 11.5 Å². The highest BCUT2D eigenvalue weighted by molar-refractivity contribution is 7.92. The lowest BCUT2D eigenvalue weighted by atomic mass is 10.1. The van der Waals surface area contributed by atoms with Crippen LogP contribution in [0.1, 0.15) is 28.9 Å². The summed E-state index contributed by atoms with van der Waals surface area (Å²) in [5, 5.41) is 2.90. The normalized spacial score (nSPS) is 12.2. The molecule has 7 nitrogen and oxygen atoms in total. The molecule has 0 aliphatic heterocycles. The Hall–Kier alpha value is -2.74. The second kappa shape index (κ2) is 8.30. The molecule has 2 aromatic rings. The van der Waals surface area contributed by atoms with Gasteiger partial charge in [0.1, 0.15) is 11.5 Å². The molecule has 0 spiro atoms. The molecular weight excluding hydrogens is 368 g/mol. The number of carbonyl (C=O) groups excluding carboxylic acids is 1. The first kappa shape index (κ1) is 20.6. The van der Waals surface area contributed by atoms with Gasteiger partial charge in [0, 0.05) is 12.6 Å². The summed E-state index contributed by atoms with van der Waals surface area (Å²) in [6.07, 6.45) is 1.10. The number of benzene rings is 2. The number of sulfonamides is 1. The standard InChI is InChI=1S/C19H24N2O5S/c1-13(15-8-6-7-9-17(15)25-3)20-19(22)16-12-14(10-11-18(16)26-4)21(2)27(5,23)24/h6-13H,1-5H3,(H,20,22)/t13-/m1/s1. The van der Waals surface area contributed by atoms with E-state index in [2.05, 4.69) is 5.32 Å². The number of anilines is 1. The summed E-state index contributed by atoms with van der Waals surface area (Å²) >= 11 is 0. The highest BCUT2D eigenvalue weighted by Gasteiger charge is 2.20. The number of hydrogen-bond acceptors (Lipinski definition) is 5. The Labute approximate surface area is 160 Å². The van der Waals surface area contributed by atoms with E-state index >= 15 is 0 Å². The van der Waals surface area contributed by atoms with Crippen LogP contribution in [-0.4, -0.2) is 41.8 Å². The van der Waals surface area contributed by atoms with E-state index in [0.29, 0.717) is 17.2 Å². The highest BCUT2D eigenvalue weighted by atomic mass is 32.2. The number of amides is 1. The fraction of sp³-hybridized carbons (Fsp3) is 0.316. The number of nitrogens with zero attached hydrogens (tertiary/aromatic N) is 1. The molecule has 0 heterocycles. The Bertz CT molecular complexity index is 927. The lowest BCUT2D eigenvalue weighted by Gasteiger charge is -2.20. The summed E-state index contributed by atoms with van der Waals surface area (Å²) in [7, 11) is 1.00. The Morgan fingerprint density at radius 3 is 2.30 bits per heavy atom. The summed E-state index contributed by atoms with van der Waals surface area (Å²) in [5.74, 6) is 0.641. The third kappa shape index (κ3) is 4.71. The predicted octanol–water partition coefficient (Wildman–Crippen LogP) is 2.59. The van der Waals surface area contributed by atoms with Crippen molar-refractivity contribution in [2.45, 2.75) is 13.0 Å². The van der Waals surface area contributed by atoms with E-state index < -0.39 is 10.0 Å². The maximum Gasteiger partial charge on any atom is 0.255 e. The molecule has 2 rings (SSSR count). The van der Waals surface area contributed by atoms with Gasteiger partial charge in [-0.05, 0) is 31.2 Å². The first-order valence-electron chi connectivity index (χ1n) is 8.24. The molecule has 0 fully saturated rings. The molecule has 8 heteroatoms. The van der Waals surface area contributed by atoms with Gasteiger partial charge in [-0.1, -0.05) is 18.2 Å². The molecule has 1 atom stereocenters. The maximum absolute atomic E-state index is 12.8. The van der Waals surface area contributed by atoms with E-state index in [1.807, 2.05) is 31.2 Å². The molecule has 146 valence electrons. The van der Waals surface area contributed by atoms with E-state index in [1.165, 1.54) is 20.2 Å². The lowest BCUT2D eigenvalue weighted by Crippen LogP contribution is -2.28. The monoisotopic (exact) mass is 392 g/mol. The highest BCUT2D eigenvalue weighted by Crippen LogP contribution is 2.28. The van der Waals surface area contributed by atoms with Gasteiger partial charge in [0.2, 0.25) is 10.0 Å². The second-order valence-corrected chi connectivity index (χ2v) is 8.07. The zero-order chi connectivity index (χ0) is 20.2. The Morgan fingerprint density at radius 2 is 1.70 bits per heavy atom. The van der Waals surface area contributed by atoms with Crippen LogP contribution < -0.4 is 19.1 Å². The minimum absolute atomic E-state index is 0.243. The minimum atomic E-state index is -3.45. The average molecular weight is 392 g/mol. The molecule has 0 saturated carbocycles. The molecule has 0 bridgehead atoms. The number of rotatable bonds is 7. The van der Waals surface area contributed by atoms with Gasteiger partial charge in [-0.3, -0.25) is 9.10 Å². The SMILES string of the molecule is COc1ccc(N(C)S(C)(=O)=O)cc1C(=O)N[C@H](C)c1ccccc1OC. The van der Waals surface area contributed by atoms with Crippen LogP contribution in [0, 0.1) is 0 Å². The third-order valence-electron chi connectivity index (χ3n) is 4.24. The van der Waals surface area contributed by atoms with Crippen LogP contribution in [0.15, 0.2) is 42.5 Å². The molecule has 0 aliphatic rings. The van der Waals surface area contributed by atoms with Gasteiger partial charge < -0.3 is 14.8 Å². The predicted molar refractivity (Wildman–Crippen MR) is 105 cm³/mol. The zero-order valence-electron chi connectivity index (χ0n) is 16.0. The minimum Gasteiger partial charge on any atom is -0.496 e. The van der Waals surface area contributed by atoms with Crippen LogP contribution >= 0.6 is 0 Å². The molecule has 1 amide bonds. The second-order valence-electron chi connectivity index (χ2n) is 6.05. The Balaban J connectivity index is 2.34. The van der Waals surface area contributed by atoms with Crippen LogP contribution in [0.4, 0.5) is 5.69 Å². The van der Waals surface area contributed by atoms with Crippen LogP contribution in [0.5, 0.6) is 11.5 Å². The molecule has 0 radical (unpaired) electrons. The van der Waals surface area contributed by atoms with Crippen LogP contribution in [0.25, 0.3) is 0 Å². The van der Waals surface area contributed by atoms with Crippen molar-refractivity contribution >= 4 is 21.6 Å². The largest absolute Gasteiger partial charge is 0.496 e.